The third-order valence-corrected chi connectivity index (χ3v) is 2.16. The average Bonchev–Trinajstić information content (AvgIpc) is 2.42. The van der Waals surface area contributed by atoms with E-state index in [0.29, 0.717) is 6.61 Å². The summed E-state index contributed by atoms with van der Waals surface area (Å²) in [6, 6.07) is 7.16. The molecular weight excluding hydrogens is 244 g/mol. The molecule has 2 rings (SSSR count). The Kier molecular flexibility index (Phi) is 6.02. The van der Waals surface area contributed by atoms with Gasteiger partial charge in [0.25, 0.3) is 0 Å². The van der Waals surface area contributed by atoms with Crippen molar-refractivity contribution in [1.29, 1.82) is 0 Å². The number of rotatable bonds is 2. The van der Waals surface area contributed by atoms with Gasteiger partial charge < -0.3 is 9.94 Å². The SMILES string of the molecule is CC(=O)OCc1ccncc1.Cc1cc[n+]([O-])cc1. The van der Waals surface area contributed by atoms with E-state index in [2.05, 4.69) is 4.98 Å². The molecule has 0 atom stereocenters. The minimum atomic E-state index is -0.262. The lowest BCUT2D eigenvalue weighted by molar-refractivity contribution is -0.605. The number of ether oxygens (including phenoxy) is 1. The van der Waals surface area contributed by atoms with Crippen LogP contribution in [0.15, 0.2) is 49.1 Å². The van der Waals surface area contributed by atoms with E-state index in [0.717, 1.165) is 15.9 Å². The smallest absolute Gasteiger partial charge is 0.302 e. The van der Waals surface area contributed by atoms with Gasteiger partial charge in [-0.1, -0.05) is 0 Å². The number of pyridine rings is 2. The normalized spacial score (nSPS) is 9.16. The molecule has 0 saturated heterocycles. The number of aryl methyl sites for hydroxylation is 1. The molecule has 0 aliphatic heterocycles. The van der Waals surface area contributed by atoms with E-state index < -0.39 is 0 Å². The summed E-state index contributed by atoms with van der Waals surface area (Å²) >= 11 is 0. The number of hydrogen-bond donors (Lipinski definition) is 0. The van der Waals surface area contributed by atoms with Crippen LogP contribution in [0.1, 0.15) is 18.1 Å². The molecule has 2 aromatic rings. The maximum Gasteiger partial charge on any atom is 0.302 e. The van der Waals surface area contributed by atoms with Crippen LogP contribution >= 0.6 is 0 Å². The minimum Gasteiger partial charge on any atom is -0.619 e. The first-order valence-electron chi connectivity index (χ1n) is 5.75. The van der Waals surface area contributed by atoms with E-state index in [1.165, 1.54) is 19.3 Å². The van der Waals surface area contributed by atoms with Crippen molar-refractivity contribution in [3.8, 4) is 0 Å². The van der Waals surface area contributed by atoms with Gasteiger partial charge in [0.2, 0.25) is 0 Å². The number of hydrogen-bond acceptors (Lipinski definition) is 4. The summed E-state index contributed by atoms with van der Waals surface area (Å²) in [7, 11) is 0. The number of carbonyl (C=O) groups excluding carboxylic acids is 1. The average molecular weight is 260 g/mol. The van der Waals surface area contributed by atoms with E-state index in [1.807, 2.05) is 19.1 Å². The number of nitrogens with zero attached hydrogens (tertiary/aromatic N) is 2. The molecular formula is C14H16N2O3. The van der Waals surface area contributed by atoms with Crippen molar-refractivity contribution >= 4 is 5.97 Å². The van der Waals surface area contributed by atoms with Gasteiger partial charge >= 0.3 is 5.97 Å². The summed E-state index contributed by atoms with van der Waals surface area (Å²) in [6.45, 7) is 3.67. The molecule has 100 valence electrons. The first-order chi connectivity index (χ1) is 9.08. The maximum atomic E-state index is 10.4. The topological polar surface area (TPSA) is 66.1 Å². The fraction of sp³-hybridized carbons (Fsp3) is 0.214. The number of esters is 1. The van der Waals surface area contributed by atoms with E-state index >= 15 is 0 Å². The summed E-state index contributed by atoms with van der Waals surface area (Å²) in [5.41, 5.74) is 2.06. The Bertz CT molecular complexity index is 477. The minimum absolute atomic E-state index is 0.262. The molecule has 0 radical (unpaired) electrons. The molecule has 0 amide bonds. The van der Waals surface area contributed by atoms with Crippen LogP contribution < -0.4 is 4.73 Å². The zero-order valence-corrected chi connectivity index (χ0v) is 10.9. The summed E-state index contributed by atoms with van der Waals surface area (Å²) in [5, 5.41) is 10.3. The van der Waals surface area contributed by atoms with Crippen molar-refractivity contribution in [2.75, 3.05) is 0 Å². The van der Waals surface area contributed by atoms with Crippen molar-refractivity contribution in [3.63, 3.8) is 0 Å². The molecule has 0 bridgehead atoms. The monoisotopic (exact) mass is 260 g/mol. The van der Waals surface area contributed by atoms with Crippen molar-refractivity contribution in [3.05, 3.63) is 65.4 Å². The highest BCUT2D eigenvalue weighted by molar-refractivity contribution is 5.65. The zero-order chi connectivity index (χ0) is 14.1. The lowest BCUT2D eigenvalue weighted by Crippen LogP contribution is -2.23. The van der Waals surface area contributed by atoms with Crippen molar-refractivity contribution in [2.45, 2.75) is 20.5 Å². The highest BCUT2D eigenvalue weighted by atomic mass is 16.5. The van der Waals surface area contributed by atoms with Gasteiger partial charge in [-0.2, -0.15) is 4.73 Å². The quantitative estimate of drug-likeness (QED) is 0.469. The van der Waals surface area contributed by atoms with Gasteiger partial charge in [-0.3, -0.25) is 9.78 Å². The second-order valence-electron chi connectivity index (χ2n) is 3.87. The summed E-state index contributed by atoms with van der Waals surface area (Å²) in [4.78, 5) is 14.2. The molecule has 5 heteroatoms. The molecule has 0 spiro atoms. The molecule has 0 unspecified atom stereocenters. The molecule has 0 fully saturated rings. The molecule has 0 aliphatic carbocycles. The Balaban J connectivity index is 0.000000200. The fourth-order valence-corrected chi connectivity index (χ4v) is 1.15. The molecule has 2 aromatic heterocycles. The Morgan fingerprint density at radius 2 is 1.84 bits per heavy atom. The van der Waals surface area contributed by atoms with Crippen LogP contribution in [0, 0.1) is 12.1 Å². The third kappa shape index (κ3) is 6.78. The van der Waals surface area contributed by atoms with E-state index in [4.69, 9.17) is 4.74 Å². The summed E-state index contributed by atoms with van der Waals surface area (Å²) < 4.78 is 5.53. The molecule has 19 heavy (non-hydrogen) atoms. The molecule has 0 aliphatic rings. The third-order valence-electron chi connectivity index (χ3n) is 2.16. The first kappa shape index (κ1) is 14.6. The number of aromatic nitrogens is 2. The highest BCUT2D eigenvalue weighted by Gasteiger charge is 1.93. The largest absolute Gasteiger partial charge is 0.619 e. The van der Waals surface area contributed by atoms with Gasteiger partial charge in [0.1, 0.15) is 6.61 Å². The Morgan fingerprint density at radius 1 is 1.26 bits per heavy atom. The molecule has 0 aromatic carbocycles. The van der Waals surface area contributed by atoms with Crippen LogP contribution in [0.3, 0.4) is 0 Å². The van der Waals surface area contributed by atoms with Gasteiger partial charge in [0.15, 0.2) is 12.4 Å². The summed E-state index contributed by atoms with van der Waals surface area (Å²) in [6.07, 6.45) is 6.29. The molecule has 2 heterocycles. The van der Waals surface area contributed by atoms with Gasteiger partial charge in [-0.15, -0.1) is 0 Å². The fourth-order valence-electron chi connectivity index (χ4n) is 1.15. The maximum absolute atomic E-state index is 10.4. The number of carbonyl (C=O) groups is 1. The lowest BCUT2D eigenvalue weighted by atomic mass is 10.3. The molecule has 5 nitrogen and oxygen atoms in total. The van der Waals surface area contributed by atoms with Crippen molar-refractivity contribution in [1.82, 2.24) is 4.98 Å². The van der Waals surface area contributed by atoms with E-state index in [1.54, 1.807) is 24.5 Å². The summed E-state index contributed by atoms with van der Waals surface area (Å²) in [5.74, 6) is -0.262. The predicted molar refractivity (Wildman–Crippen MR) is 69.8 cm³/mol. The van der Waals surface area contributed by atoms with Crippen molar-refractivity contribution < 1.29 is 14.3 Å². The first-order valence-corrected chi connectivity index (χ1v) is 5.75. The van der Waals surface area contributed by atoms with Crippen molar-refractivity contribution in [2.24, 2.45) is 0 Å². The Morgan fingerprint density at radius 3 is 2.32 bits per heavy atom. The van der Waals surface area contributed by atoms with Crippen LogP contribution in [0.4, 0.5) is 0 Å². The zero-order valence-electron chi connectivity index (χ0n) is 10.9. The Hall–Kier alpha value is -2.43. The van der Waals surface area contributed by atoms with Gasteiger partial charge in [0.05, 0.1) is 0 Å². The molecule has 0 saturated carbocycles. The van der Waals surface area contributed by atoms with Crippen LogP contribution in [-0.2, 0) is 16.1 Å². The molecule has 0 N–H and O–H groups in total. The van der Waals surface area contributed by atoms with Gasteiger partial charge in [-0.05, 0) is 30.2 Å². The second-order valence-corrected chi connectivity index (χ2v) is 3.87. The lowest BCUT2D eigenvalue weighted by Gasteiger charge is -1.99. The van der Waals surface area contributed by atoms with Gasteiger partial charge in [-0.25, -0.2) is 0 Å². The van der Waals surface area contributed by atoms with Crippen LogP contribution in [-0.4, -0.2) is 11.0 Å². The van der Waals surface area contributed by atoms with Crippen LogP contribution in [0.5, 0.6) is 0 Å². The highest BCUT2D eigenvalue weighted by Crippen LogP contribution is 1.97. The van der Waals surface area contributed by atoms with E-state index in [9.17, 15) is 10.0 Å². The van der Waals surface area contributed by atoms with Crippen LogP contribution in [0.25, 0.3) is 0 Å². The second kappa shape index (κ2) is 7.81. The van der Waals surface area contributed by atoms with E-state index in [-0.39, 0.29) is 5.97 Å². The predicted octanol–water partition coefficient (Wildman–Crippen LogP) is 1.77. The standard InChI is InChI=1S/C8H9NO2.C6H7NO/c1-7(10)11-6-8-2-4-9-5-3-8;1-6-2-4-7(8)5-3-6/h2-5H,6H2,1H3;2-5H,1H3. The van der Waals surface area contributed by atoms with Crippen LogP contribution in [0.2, 0.25) is 0 Å². The Labute approximate surface area is 112 Å². The van der Waals surface area contributed by atoms with Gasteiger partial charge in [0, 0.05) is 31.5 Å².